The van der Waals surface area contributed by atoms with E-state index in [1.165, 1.54) is 5.56 Å². The highest BCUT2D eigenvalue weighted by Gasteiger charge is 2.35. The lowest BCUT2D eigenvalue weighted by Crippen LogP contribution is -2.54. The molecule has 25 heavy (non-hydrogen) atoms. The van der Waals surface area contributed by atoms with Gasteiger partial charge < -0.3 is 4.90 Å². The van der Waals surface area contributed by atoms with E-state index >= 15 is 0 Å². The second-order valence-corrected chi connectivity index (χ2v) is 8.21. The van der Waals surface area contributed by atoms with Crippen LogP contribution in [0.3, 0.4) is 0 Å². The van der Waals surface area contributed by atoms with E-state index in [-0.39, 0.29) is 5.91 Å². The first-order valence-corrected chi connectivity index (χ1v) is 9.50. The molecule has 5 nitrogen and oxygen atoms in total. The maximum atomic E-state index is 13.0. The molecule has 0 bridgehead atoms. The maximum Gasteiger partial charge on any atom is 0.250 e. The summed E-state index contributed by atoms with van der Waals surface area (Å²) in [5.41, 5.74) is 0.509. The van der Waals surface area contributed by atoms with Crippen molar-refractivity contribution >= 4 is 33.4 Å². The van der Waals surface area contributed by atoms with Gasteiger partial charge in [-0.3, -0.25) is 14.4 Å². The van der Waals surface area contributed by atoms with Crippen molar-refractivity contribution in [1.29, 1.82) is 0 Å². The molecule has 2 heterocycles. The van der Waals surface area contributed by atoms with E-state index in [1.807, 2.05) is 43.1 Å². The number of amides is 1. The molecule has 1 aromatic heterocycles. The minimum absolute atomic E-state index is 0.102. The monoisotopic (exact) mass is 424 g/mol. The lowest BCUT2D eigenvalue weighted by Gasteiger charge is -2.38. The number of piperazine rings is 1. The number of carbonyl (C=O) groups is 1. The molecule has 134 valence electrons. The van der Waals surface area contributed by atoms with Gasteiger partial charge in [0.1, 0.15) is 5.54 Å². The van der Waals surface area contributed by atoms with Gasteiger partial charge in [0.25, 0.3) is 0 Å². The minimum Gasteiger partial charge on any atom is -0.338 e. The number of aromatic nitrogens is 2. The van der Waals surface area contributed by atoms with Crippen molar-refractivity contribution in [3.8, 4) is 0 Å². The number of halogens is 2. The summed E-state index contributed by atoms with van der Waals surface area (Å²) in [6.07, 6.45) is 3.55. The minimum atomic E-state index is -0.693. The maximum absolute atomic E-state index is 13.0. The standard InChI is InChI=1S/C18H22BrClN4O/c1-18(2,24-13-15(19)11-21-24)17(25)23-8-6-22(7-9-23)12-14-4-3-5-16(20)10-14/h3-5,10-11,13H,6-9,12H2,1-2H3. The fourth-order valence-electron chi connectivity index (χ4n) is 3.09. The predicted octanol–water partition coefficient (Wildman–Crippen LogP) is 3.38. The van der Waals surface area contributed by atoms with Gasteiger partial charge in [-0.1, -0.05) is 23.7 Å². The molecule has 0 radical (unpaired) electrons. The van der Waals surface area contributed by atoms with Crippen LogP contribution in [-0.2, 0) is 16.9 Å². The van der Waals surface area contributed by atoms with Crippen molar-refractivity contribution < 1.29 is 4.79 Å². The highest BCUT2D eigenvalue weighted by molar-refractivity contribution is 9.10. The quantitative estimate of drug-likeness (QED) is 0.754. The van der Waals surface area contributed by atoms with Crippen molar-refractivity contribution in [1.82, 2.24) is 19.6 Å². The van der Waals surface area contributed by atoms with Crippen molar-refractivity contribution in [2.75, 3.05) is 26.2 Å². The van der Waals surface area contributed by atoms with Crippen LogP contribution in [0.2, 0.25) is 5.02 Å². The molecule has 1 aliphatic rings. The fraction of sp³-hybridized carbons (Fsp3) is 0.444. The summed E-state index contributed by atoms with van der Waals surface area (Å²) >= 11 is 9.44. The summed E-state index contributed by atoms with van der Waals surface area (Å²) in [6.45, 7) is 7.85. The third-order valence-electron chi connectivity index (χ3n) is 4.60. The molecular formula is C18H22BrClN4O. The van der Waals surface area contributed by atoms with E-state index in [2.05, 4.69) is 32.0 Å². The van der Waals surface area contributed by atoms with Crippen LogP contribution in [-0.4, -0.2) is 51.7 Å². The summed E-state index contributed by atoms with van der Waals surface area (Å²) in [5.74, 6) is 0.102. The normalized spacial score (nSPS) is 16.2. The average Bonchev–Trinajstić information content (AvgIpc) is 3.02. The third kappa shape index (κ3) is 4.25. The Bertz CT molecular complexity index is 753. The van der Waals surface area contributed by atoms with Crippen LogP contribution < -0.4 is 0 Å². The van der Waals surface area contributed by atoms with Crippen molar-refractivity contribution in [2.45, 2.75) is 25.9 Å². The summed E-state index contributed by atoms with van der Waals surface area (Å²) in [6, 6.07) is 7.94. The molecule has 0 atom stereocenters. The third-order valence-corrected chi connectivity index (χ3v) is 5.25. The summed E-state index contributed by atoms with van der Waals surface area (Å²) in [5, 5.41) is 5.04. The van der Waals surface area contributed by atoms with Crippen molar-refractivity contribution in [3.63, 3.8) is 0 Å². The Kier molecular flexibility index (Phi) is 5.51. The molecule has 1 fully saturated rings. The molecule has 0 spiro atoms. The van der Waals surface area contributed by atoms with Gasteiger partial charge >= 0.3 is 0 Å². The van der Waals surface area contributed by atoms with Crippen molar-refractivity contribution in [3.05, 3.63) is 51.7 Å². The molecule has 2 aromatic rings. The molecule has 1 amide bonds. The van der Waals surface area contributed by atoms with Crippen LogP contribution in [0.4, 0.5) is 0 Å². The highest BCUT2D eigenvalue weighted by atomic mass is 79.9. The van der Waals surface area contributed by atoms with Gasteiger partial charge in [0.15, 0.2) is 0 Å². The number of hydrogen-bond donors (Lipinski definition) is 0. The van der Waals surface area contributed by atoms with Crippen LogP contribution in [0.5, 0.6) is 0 Å². The van der Waals surface area contributed by atoms with Crippen LogP contribution in [0.15, 0.2) is 41.1 Å². The lowest BCUT2D eigenvalue weighted by molar-refractivity contribution is -0.141. The molecular weight excluding hydrogens is 404 g/mol. The largest absolute Gasteiger partial charge is 0.338 e. The van der Waals surface area contributed by atoms with Gasteiger partial charge in [0.2, 0.25) is 5.91 Å². The fourth-order valence-corrected chi connectivity index (χ4v) is 3.59. The molecule has 0 unspecified atom stereocenters. The predicted molar refractivity (Wildman–Crippen MR) is 103 cm³/mol. The van der Waals surface area contributed by atoms with Gasteiger partial charge in [0, 0.05) is 43.9 Å². The van der Waals surface area contributed by atoms with Gasteiger partial charge in [-0.25, -0.2) is 0 Å². The molecule has 1 saturated heterocycles. The SMILES string of the molecule is CC(C)(C(=O)N1CCN(Cc2cccc(Cl)c2)CC1)n1cc(Br)cn1. The second-order valence-electron chi connectivity index (χ2n) is 6.86. The first-order chi connectivity index (χ1) is 11.9. The number of hydrogen-bond acceptors (Lipinski definition) is 3. The van der Waals surface area contributed by atoms with Crippen molar-refractivity contribution in [2.24, 2.45) is 0 Å². The Hall–Kier alpha value is -1.37. The number of benzene rings is 1. The number of carbonyl (C=O) groups excluding carboxylic acids is 1. The molecule has 0 aliphatic carbocycles. The topological polar surface area (TPSA) is 41.4 Å². The zero-order chi connectivity index (χ0) is 18.0. The Labute approximate surface area is 161 Å². The van der Waals surface area contributed by atoms with E-state index in [0.717, 1.165) is 42.2 Å². The zero-order valence-electron chi connectivity index (χ0n) is 14.5. The smallest absolute Gasteiger partial charge is 0.250 e. The average molecular weight is 426 g/mol. The van der Waals surface area contributed by atoms with Gasteiger partial charge in [-0.15, -0.1) is 0 Å². The summed E-state index contributed by atoms with van der Waals surface area (Å²) in [4.78, 5) is 17.2. The Morgan fingerprint density at radius 2 is 2.00 bits per heavy atom. The van der Waals surface area contributed by atoms with E-state index in [0.29, 0.717) is 0 Å². The van der Waals surface area contributed by atoms with Crippen LogP contribution in [0.1, 0.15) is 19.4 Å². The zero-order valence-corrected chi connectivity index (χ0v) is 16.8. The van der Waals surface area contributed by atoms with Gasteiger partial charge in [-0.2, -0.15) is 5.10 Å². The van der Waals surface area contributed by atoms with Gasteiger partial charge in [-0.05, 0) is 47.5 Å². The highest BCUT2D eigenvalue weighted by Crippen LogP contribution is 2.22. The first kappa shape index (κ1) is 18.4. The molecule has 3 rings (SSSR count). The number of rotatable bonds is 4. The van der Waals surface area contributed by atoms with E-state index in [4.69, 9.17) is 11.6 Å². The Morgan fingerprint density at radius 3 is 2.60 bits per heavy atom. The van der Waals surface area contributed by atoms with E-state index in [1.54, 1.807) is 10.9 Å². The van der Waals surface area contributed by atoms with Crippen LogP contribution >= 0.6 is 27.5 Å². The molecule has 7 heteroatoms. The molecule has 0 saturated carbocycles. The second kappa shape index (κ2) is 7.48. The Balaban J connectivity index is 1.59. The van der Waals surface area contributed by atoms with E-state index < -0.39 is 5.54 Å². The molecule has 1 aliphatic heterocycles. The molecule has 0 N–H and O–H groups in total. The number of nitrogens with zero attached hydrogens (tertiary/aromatic N) is 4. The summed E-state index contributed by atoms with van der Waals surface area (Å²) in [7, 11) is 0. The Morgan fingerprint density at radius 1 is 1.28 bits per heavy atom. The first-order valence-electron chi connectivity index (χ1n) is 8.33. The van der Waals surface area contributed by atoms with Crippen LogP contribution in [0.25, 0.3) is 0 Å². The van der Waals surface area contributed by atoms with Gasteiger partial charge in [0.05, 0.1) is 10.7 Å². The molecule has 1 aromatic carbocycles. The summed E-state index contributed by atoms with van der Waals surface area (Å²) < 4.78 is 2.59. The van der Waals surface area contributed by atoms with E-state index in [9.17, 15) is 4.79 Å². The lowest BCUT2D eigenvalue weighted by atomic mass is 10.0. The van der Waals surface area contributed by atoms with Crippen LogP contribution in [0, 0.1) is 0 Å².